The Labute approximate surface area is 83.2 Å². The maximum Gasteiger partial charge on any atom is 0.335 e. The van der Waals surface area contributed by atoms with Gasteiger partial charge in [0.15, 0.2) is 0 Å². The molecule has 0 amide bonds. The summed E-state index contributed by atoms with van der Waals surface area (Å²) in [6, 6.07) is 8.80. The van der Waals surface area contributed by atoms with E-state index in [0.29, 0.717) is 0 Å². The molecule has 0 saturated carbocycles. The molecule has 0 aliphatic rings. The highest BCUT2D eigenvalue weighted by Crippen LogP contribution is 2.17. The molecular weight excluding hydrogens is 178 g/mol. The van der Waals surface area contributed by atoms with Crippen LogP contribution in [-0.4, -0.2) is 13.1 Å². The Hall–Kier alpha value is -1.61. The van der Waals surface area contributed by atoms with Crippen molar-refractivity contribution in [3.05, 3.63) is 48.0 Å². The zero-order chi connectivity index (χ0) is 10.6. The van der Waals surface area contributed by atoms with Gasteiger partial charge in [-0.15, -0.1) is 0 Å². The predicted molar refractivity (Wildman–Crippen MR) is 54.5 cm³/mol. The van der Waals surface area contributed by atoms with E-state index in [1.807, 2.05) is 30.3 Å². The van der Waals surface area contributed by atoms with Crippen LogP contribution in [0.3, 0.4) is 0 Å². The fourth-order valence-corrected chi connectivity index (χ4v) is 1.12. The van der Waals surface area contributed by atoms with Crippen LogP contribution in [0.25, 0.3) is 0 Å². The Bertz CT molecular complexity index is 332. The minimum atomic E-state index is -0.497. The topological polar surface area (TPSA) is 52.3 Å². The lowest BCUT2D eigenvalue weighted by Gasteiger charge is -2.12. The lowest BCUT2D eigenvalue weighted by Crippen LogP contribution is -2.19. The molecule has 1 aromatic carbocycles. The van der Waals surface area contributed by atoms with E-state index in [2.05, 4.69) is 11.3 Å². The van der Waals surface area contributed by atoms with E-state index in [-0.39, 0.29) is 5.57 Å². The third kappa shape index (κ3) is 2.20. The zero-order valence-electron chi connectivity index (χ0n) is 8.07. The van der Waals surface area contributed by atoms with Crippen LogP contribution in [0.4, 0.5) is 0 Å². The summed E-state index contributed by atoms with van der Waals surface area (Å²) >= 11 is 0. The Morgan fingerprint density at radius 1 is 1.43 bits per heavy atom. The molecule has 3 nitrogen and oxygen atoms in total. The summed E-state index contributed by atoms with van der Waals surface area (Å²) in [6.45, 7) is 3.60. The van der Waals surface area contributed by atoms with Gasteiger partial charge in [0.25, 0.3) is 0 Å². The second-order valence-electron chi connectivity index (χ2n) is 2.91. The molecule has 1 unspecified atom stereocenters. The molecular formula is C11H13NO2. The summed E-state index contributed by atoms with van der Waals surface area (Å²) < 4.78 is 4.54. The molecule has 0 bridgehead atoms. The van der Waals surface area contributed by atoms with Crippen LogP contribution in [0.15, 0.2) is 42.5 Å². The molecule has 0 saturated heterocycles. The fourth-order valence-electron chi connectivity index (χ4n) is 1.12. The van der Waals surface area contributed by atoms with Gasteiger partial charge >= 0.3 is 5.97 Å². The van der Waals surface area contributed by atoms with Gasteiger partial charge in [-0.05, 0) is 5.56 Å². The third-order valence-electron chi connectivity index (χ3n) is 1.98. The molecule has 1 aromatic rings. The maximum atomic E-state index is 11.1. The number of carbonyl (C=O) groups excluding carboxylic acids is 1. The van der Waals surface area contributed by atoms with Gasteiger partial charge in [0.2, 0.25) is 0 Å². The molecule has 2 N–H and O–H groups in total. The zero-order valence-corrected chi connectivity index (χ0v) is 8.07. The van der Waals surface area contributed by atoms with Gasteiger partial charge in [-0.2, -0.15) is 0 Å². The monoisotopic (exact) mass is 191 g/mol. The van der Waals surface area contributed by atoms with Crippen LogP contribution in [0.5, 0.6) is 0 Å². The van der Waals surface area contributed by atoms with Crippen molar-refractivity contribution in [1.82, 2.24) is 0 Å². The molecule has 0 fully saturated rings. The lowest BCUT2D eigenvalue weighted by atomic mass is 10.0. The number of methoxy groups -OCH3 is 1. The van der Waals surface area contributed by atoms with Crippen LogP contribution >= 0.6 is 0 Å². The normalized spacial score (nSPS) is 11.9. The van der Waals surface area contributed by atoms with Gasteiger partial charge in [0.05, 0.1) is 18.7 Å². The standard InChI is InChI=1S/C11H13NO2/c1-8(11(13)14-2)10(12)9-6-4-3-5-7-9/h3-7,10H,1,12H2,2H3. The Morgan fingerprint density at radius 3 is 2.50 bits per heavy atom. The van der Waals surface area contributed by atoms with Crippen molar-refractivity contribution >= 4 is 5.97 Å². The number of esters is 1. The summed E-state index contributed by atoms with van der Waals surface area (Å²) in [5.41, 5.74) is 6.93. The van der Waals surface area contributed by atoms with Crippen molar-refractivity contribution in [1.29, 1.82) is 0 Å². The van der Waals surface area contributed by atoms with E-state index in [0.717, 1.165) is 5.56 Å². The van der Waals surface area contributed by atoms with E-state index >= 15 is 0 Å². The first-order valence-corrected chi connectivity index (χ1v) is 4.24. The predicted octanol–water partition coefficient (Wildman–Crippen LogP) is 1.42. The van der Waals surface area contributed by atoms with Gasteiger partial charge in [0.1, 0.15) is 0 Å². The van der Waals surface area contributed by atoms with Crippen molar-refractivity contribution in [2.24, 2.45) is 5.73 Å². The van der Waals surface area contributed by atoms with E-state index in [9.17, 15) is 4.79 Å². The highest BCUT2D eigenvalue weighted by molar-refractivity contribution is 5.89. The molecule has 3 heteroatoms. The molecule has 0 spiro atoms. The number of nitrogens with two attached hydrogens (primary N) is 1. The first-order valence-electron chi connectivity index (χ1n) is 4.24. The molecule has 1 atom stereocenters. The van der Waals surface area contributed by atoms with Crippen molar-refractivity contribution in [2.45, 2.75) is 6.04 Å². The number of hydrogen-bond acceptors (Lipinski definition) is 3. The van der Waals surface area contributed by atoms with Crippen LogP contribution in [0, 0.1) is 0 Å². The SMILES string of the molecule is C=C(C(=O)OC)C(N)c1ccccc1. The van der Waals surface area contributed by atoms with E-state index in [1.165, 1.54) is 7.11 Å². The second kappa shape index (κ2) is 4.58. The minimum Gasteiger partial charge on any atom is -0.466 e. The minimum absolute atomic E-state index is 0.263. The summed E-state index contributed by atoms with van der Waals surface area (Å²) in [7, 11) is 1.31. The lowest BCUT2D eigenvalue weighted by molar-refractivity contribution is -0.136. The second-order valence-corrected chi connectivity index (χ2v) is 2.91. The Kier molecular flexibility index (Phi) is 3.42. The summed E-state index contributed by atoms with van der Waals surface area (Å²) in [6.07, 6.45) is 0. The third-order valence-corrected chi connectivity index (χ3v) is 1.98. The van der Waals surface area contributed by atoms with Crippen molar-refractivity contribution in [3.8, 4) is 0 Å². The average molecular weight is 191 g/mol. The first kappa shape index (κ1) is 10.5. The van der Waals surface area contributed by atoms with Gasteiger partial charge in [-0.1, -0.05) is 36.9 Å². The number of ether oxygens (including phenoxy) is 1. The van der Waals surface area contributed by atoms with Gasteiger partial charge < -0.3 is 10.5 Å². The Morgan fingerprint density at radius 2 is 2.00 bits per heavy atom. The van der Waals surface area contributed by atoms with Crippen molar-refractivity contribution in [2.75, 3.05) is 7.11 Å². The maximum absolute atomic E-state index is 11.1. The van der Waals surface area contributed by atoms with Crippen LogP contribution in [-0.2, 0) is 9.53 Å². The molecule has 0 aliphatic carbocycles. The van der Waals surface area contributed by atoms with Gasteiger partial charge in [-0.3, -0.25) is 0 Å². The first-order chi connectivity index (χ1) is 6.66. The molecule has 14 heavy (non-hydrogen) atoms. The summed E-state index contributed by atoms with van der Waals surface area (Å²) in [5.74, 6) is -0.471. The molecule has 0 aromatic heterocycles. The largest absolute Gasteiger partial charge is 0.466 e. The molecule has 1 rings (SSSR count). The van der Waals surface area contributed by atoms with Crippen molar-refractivity contribution < 1.29 is 9.53 Å². The van der Waals surface area contributed by atoms with E-state index < -0.39 is 12.0 Å². The van der Waals surface area contributed by atoms with Crippen LogP contribution < -0.4 is 5.73 Å². The molecule has 0 radical (unpaired) electrons. The van der Waals surface area contributed by atoms with E-state index in [1.54, 1.807) is 0 Å². The number of hydrogen-bond donors (Lipinski definition) is 1. The highest BCUT2D eigenvalue weighted by atomic mass is 16.5. The molecule has 74 valence electrons. The molecule has 0 heterocycles. The van der Waals surface area contributed by atoms with E-state index in [4.69, 9.17) is 5.73 Å². The summed E-state index contributed by atoms with van der Waals surface area (Å²) in [5, 5.41) is 0. The van der Waals surface area contributed by atoms with Gasteiger partial charge in [-0.25, -0.2) is 4.79 Å². The van der Waals surface area contributed by atoms with Crippen LogP contribution in [0.2, 0.25) is 0 Å². The smallest absolute Gasteiger partial charge is 0.335 e. The van der Waals surface area contributed by atoms with Gasteiger partial charge in [0, 0.05) is 0 Å². The average Bonchev–Trinajstić information content (AvgIpc) is 2.27. The number of rotatable bonds is 3. The highest BCUT2D eigenvalue weighted by Gasteiger charge is 2.16. The number of benzene rings is 1. The molecule has 0 aliphatic heterocycles. The fraction of sp³-hybridized carbons (Fsp3) is 0.182. The Balaban J connectivity index is 2.81. The van der Waals surface area contributed by atoms with Crippen molar-refractivity contribution in [3.63, 3.8) is 0 Å². The number of carbonyl (C=O) groups is 1. The summed E-state index contributed by atoms with van der Waals surface area (Å²) in [4.78, 5) is 11.1. The van der Waals surface area contributed by atoms with Crippen LogP contribution in [0.1, 0.15) is 11.6 Å². The quantitative estimate of drug-likeness (QED) is 0.580.